The van der Waals surface area contributed by atoms with Gasteiger partial charge in [0.15, 0.2) is 6.10 Å². The second-order valence-electron chi connectivity index (χ2n) is 9.10. The number of carbonyl (C=O) groups excluding carboxylic acids is 3. The maximum Gasteiger partial charge on any atom is 0.410 e. The minimum Gasteiger partial charge on any atom is -0.452 e. The fourth-order valence-electron chi connectivity index (χ4n) is 3.89. The molecule has 0 N–H and O–H groups in total. The number of benzene rings is 1. The van der Waals surface area contributed by atoms with Crippen molar-refractivity contribution in [2.45, 2.75) is 65.2 Å². The third-order valence-electron chi connectivity index (χ3n) is 5.56. The van der Waals surface area contributed by atoms with E-state index in [1.807, 2.05) is 39.0 Å². The Hall–Kier alpha value is -2.57. The summed E-state index contributed by atoms with van der Waals surface area (Å²) in [6, 6.07) is 8.10. The molecule has 3 rings (SSSR count). The number of fused-ring (bicyclic) bond motifs is 1. The number of piperidine rings is 1. The molecular formula is C23H32N2O5. The van der Waals surface area contributed by atoms with Gasteiger partial charge in [-0.3, -0.25) is 9.59 Å². The van der Waals surface area contributed by atoms with Crippen LogP contribution in [0.1, 0.15) is 51.7 Å². The zero-order valence-electron chi connectivity index (χ0n) is 18.3. The minimum absolute atomic E-state index is 0.163. The monoisotopic (exact) mass is 416 g/mol. The van der Waals surface area contributed by atoms with Crippen LogP contribution in [0.25, 0.3) is 0 Å². The van der Waals surface area contributed by atoms with Crippen LogP contribution in [0.5, 0.6) is 0 Å². The predicted molar refractivity (Wildman–Crippen MR) is 112 cm³/mol. The van der Waals surface area contributed by atoms with Crippen molar-refractivity contribution in [2.75, 3.05) is 19.6 Å². The van der Waals surface area contributed by atoms with E-state index in [0.717, 1.165) is 12.0 Å². The summed E-state index contributed by atoms with van der Waals surface area (Å²) < 4.78 is 10.9. The first-order valence-electron chi connectivity index (χ1n) is 10.7. The van der Waals surface area contributed by atoms with Crippen LogP contribution in [0, 0.1) is 5.92 Å². The molecule has 7 heteroatoms. The molecule has 2 heterocycles. The lowest BCUT2D eigenvalue weighted by Crippen LogP contribution is -2.45. The van der Waals surface area contributed by atoms with E-state index in [0.29, 0.717) is 39.0 Å². The smallest absolute Gasteiger partial charge is 0.410 e. The molecule has 0 spiro atoms. The van der Waals surface area contributed by atoms with Crippen molar-refractivity contribution in [3.8, 4) is 0 Å². The van der Waals surface area contributed by atoms with Crippen molar-refractivity contribution in [1.82, 2.24) is 9.80 Å². The minimum atomic E-state index is -0.813. The zero-order chi connectivity index (χ0) is 21.9. The summed E-state index contributed by atoms with van der Waals surface area (Å²) in [6.45, 7) is 9.19. The van der Waals surface area contributed by atoms with Crippen LogP contribution in [0.2, 0.25) is 0 Å². The first-order valence-corrected chi connectivity index (χ1v) is 10.7. The molecule has 0 aromatic heterocycles. The molecule has 1 saturated heterocycles. The molecule has 2 aliphatic rings. The van der Waals surface area contributed by atoms with E-state index < -0.39 is 11.7 Å². The third kappa shape index (κ3) is 5.52. The molecule has 1 atom stereocenters. The second-order valence-corrected chi connectivity index (χ2v) is 9.10. The molecule has 30 heavy (non-hydrogen) atoms. The van der Waals surface area contributed by atoms with Gasteiger partial charge >= 0.3 is 12.1 Å². The van der Waals surface area contributed by atoms with E-state index in [4.69, 9.17) is 9.47 Å². The molecule has 2 aliphatic heterocycles. The van der Waals surface area contributed by atoms with Crippen LogP contribution in [-0.4, -0.2) is 59.1 Å². The van der Waals surface area contributed by atoms with Crippen LogP contribution in [0.3, 0.4) is 0 Å². The molecule has 7 nitrogen and oxygen atoms in total. The molecular weight excluding hydrogens is 384 g/mol. The van der Waals surface area contributed by atoms with Gasteiger partial charge in [0.05, 0.1) is 5.92 Å². The Morgan fingerprint density at radius 1 is 1.00 bits per heavy atom. The number of carbonyl (C=O) groups is 3. The lowest BCUT2D eigenvalue weighted by atomic mass is 9.97. The fraction of sp³-hybridized carbons (Fsp3) is 0.609. The SMILES string of the molecule is C[C@@H](OC(=O)C1CCN(C(=O)OC(C)(C)C)CC1)C(=O)N1CCc2ccccc2C1. The second kappa shape index (κ2) is 9.06. The summed E-state index contributed by atoms with van der Waals surface area (Å²) in [5.41, 5.74) is 1.87. The third-order valence-corrected chi connectivity index (χ3v) is 5.56. The maximum atomic E-state index is 12.8. The highest BCUT2D eigenvalue weighted by Gasteiger charge is 2.33. The van der Waals surface area contributed by atoms with Gasteiger partial charge in [-0.2, -0.15) is 0 Å². The van der Waals surface area contributed by atoms with E-state index in [2.05, 4.69) is 6.07 Å². The molecule has 0 aliphatic carbocycles. The first-order chi connectivity index (χ1) is 14.1. The molecule has 0 bridgehead atoms. The van der Waals surface area contributed by atoms with Crippen LogP contribution >= 0.6 is 0 Å². The summed E-state index contributed by atoms with van der Waals surface area (Å²) >= 11 is 0. The van der Waals surface area contributed by atoms with Gasteiger partial charge in [0.25, 0.3) is 5.91 Å². The van der Waals surface area contributed by atoms with Gasteiger partial charge in [-0.25, -0.2) is 4.79 Å². The van der Waals surface area contributed by atoms with Gasteiger partial charge in [0.2, 0.25) is 0 Å². The summed E-state index contributed by atoms with van der Waals surface area (Å²) in [5, 5.41) is 0. The molecule has 164 valence electrons. The topological polar surface area (TPSA) is 76.1 Å². The standard InChI is InChI=1S/C23H32N2O5/c1-16(20(26)25-14-9-17-7-5-6-8-19(17)15-25)29-21(27)18-10-12-24(13-11-18)22(28)30-23(2,3)4/h5-8,16,18H,9-15H2,1-4H3/t16-/m1/s1. The van der Waals surface area contributed by atoms with Crippen LogP contribution in [0.15, 0.2) is 24.3 Å². The Labute approximate surface area is 178 Å². The van der Waals surface area contributed by atoms with E-state index >= 15 is 0 Å². The van der Waals surface area contributed by atoms with Crippen LogP contribution in [-0.2, 0) is 32.0 Å². The maximum absolute atomic E-state index is 12.8. The molecule has 1 aromatic rings. The number of hydrogen-bond acceptors (Lipinski definition) is 5. The zero-order valence-corrected chi connectivity index (χ0v) is 18.3. The number of esters is 1. The van der Waals surface area contributed by atoms with Crippen LogP contribution < -0.4 is 0 Å². The highest BCUT2D eigenvalue weighted by atomic mass is 16.6. The lowest BCUT2D eigenvalue weighted by Gasteiger charge is -2.33. The van der Waals surface area contributed by atoms with Gasteiger partial charge in [-0.15, -0.1) is 0 Å². The van der Waals surface area contributed by atoms with E-state index in [1.165, 1.54) is 5.56 Å². The first kappa shape index (κ1) is 22.1. The number of rotatable bonds is 3. The Morgan fingerprint density at radius 3 is 2.27 bits per heavy atom. The number of hydrogen-bond donors (Lipinski definition) is 0. The molecule has 1 aromatic carbocycles. The Morgan fingerprint density at radius 2 is 1.63 bits per heavy atom. The van der Waals surface area contributed by atoms with Gasteiger partial charge in [-0.05, 0) is 58.1 Å². The molecule has 0 unspecified atom stereocenters. The van der Waals surface area contributed by atoms with E-state index in [1.54, 1.807) is 16.7 Å². The van der Waals surface area contributed by atoms with Crippen molar-refractivity contribution in [3.05, 3.63) is 35.4 Å². The van der Waals surface area contributed by atoms with Crippen molar-refractivity contribution >= 4 is 18.0 Å². The largest absolute Gasteiger partial charge is 0.452 e. The van der Waals surface area contributed by atoms with Gasteiger partial charge in [-0.1, -0.05) is 24.3 Å². The van der Waals surface area contributed by atoms with Gasteiger partial charge in [0.1, 0.15) is 5.60 Å². The van der Waals surface area contributed by atoms with Crippen molar-refractivity contribution in [3.63, 3.8) is 0 Å². The average Bonchev–Trinajstić information content (AvgIpc) is 2.71. The molecule has 1 fully saturated rings. The molecule has 0 saturated carbocycles. The Bertz CT molecular complexity index is 793. The van der Waals surface area contributed by atoms with Crippen LogP contribution in [0.4, 0.5) is 4.79 Å². The fourth-order valence-corrected chi connectivity index (χ4v) is 3.89. The summed E-state index contributed by atoms with van der Waals surface area (Å²) in [5.74, 6) is -0.831. The van der Waals surface area contributed by atoms with Gasteiger partial charge < -0.3 is 19.3 Å². The van der Waals surface area contributed by atoms with Crippen molar-refractivity contribution < 1.29 is 23.9 Å². The molecule has 0 radical (unpaired) electrons. The lowest BCUT2D eigenvalue weighted by molar-refractivity contribution is -0.164. The van der Waals surface area contributed by atoms with Crippen molar-refractivity contribution in [1.29, 1.82) is 0 Å². The highest BCUT2D eigenvalue weighted by Crippen LogP contribution is 2.23. The number of nitrogens with zero attached hydrogens (tertiary/aromatic N) is 2. The molecule has 2 amide bonds. The number of amides is 2. The average molecular weight is 417 g/mol. The highest BCUT2D eigenvalue weighted by molar-refractivity contribution is 5.84. The Kier molecular flexibility index (Phi) is 6.68. The Balaban J connectivity index is 1.47. The van der Waals surface area contributed by atoms with E-state index in [9.17, 15) is 14.4 Å². The van der Waals surface area contributed by atoms with Crippen molar-refractivity contribution in [2.24, 2.45) is 5.92 Å². The number of likely N-dealkylation sites (tertiary alicyclic amines) is 1. The number of ether oxygens (including phenoxy) is 2. The normalized spacial score (nSPS) is 18.4. The predicted octanol–water partition coefficient (Wildman–Crippen LogP) is 3.15. The summed E-state index contributed by atoms with van der Waals surface area (Å²) in [7, 11) is 0. The summed E-state index contributed by atoms with van der Waals surface area (Å²) in [6.07, 6.45) is 0.660. The quantitative estimate of drug-likeness (QED) is 0.708. The summed E-state index contributed by atoms with van der Waals surface area (Å²) in [4.78, 5) is 40.9. The van der Waals surface area contributed by atoms with Gasteiger partial charge in [0, 0.05) is 26.2 Å². The van der Waals surface area contributed by atoms with E-state index in [-0.39, 0.29) is 23.9 Å².